The molecule has 0 radical (unpaired) electrons. The van der Waals surface area contributed by atoms with E-state index in [9.17, 15) is 9.90 Å². The zero-order valence-corrected chi connectivity index (χ0v) is 12.4. The summed E-state index contributed by atoms with van der Waals surface area (Å²) in [5.41, 5.74) is 8.18. The van der Waals surface area contributed by atoms with E-state index in [4.69, 9.17) is 5.73 Å². The van der Waals surface area contributed by atoms with Crippen molar-refractivity contribution in [1.82, 2.24) is 4.90 Å². The van der Waals surface area contributed by atoms with Crippen molar-refractivity contribution in [3.8, 4) is 0 Å². The summed E-state index contributed by atoms with van der Waals surface area (Å²) in [7, 11) is 0. The number of hydrogen-bond acceptors (Lipinski definition) is 4. The van der Waals surface area contributed by atoms with Gasteiger partial charge in [0, 0.05) is 43.6 Å². The Hall–Kier alpha value is -1.75. The van der Waals surface area contributed by atoms with E-state index in [1.165, 1.54) is 0 Å². The van der Waals surface area contributed by atoms with Gasteiger partial charge in [-0.25, -0.2) is 4.79 Å². The van der Waals surface area contributed by atoms with Crippen LogP contribution in [0.1, 0.15) is 29.8 Å². The molecule has 0 saturated carbocycles. The third kappa shape index (κ3) is 2.88. The summed E-state index contributed by atoms with van der Waals surface area (Å²) in [6, 6.07) is 4.22. The fourth-order valence-electron chi connectivity index (χ4n) is 2.64. The molecule has 110 valence electrons. The second-order valence-corrected chi connectivity index (χ2v) is 5.65. The zero-order chi connectivity index (χ0) is 14.9. The number of aryl methyl sites for hydroxylation is 1. The van der Waals surface area contributed by atoms with Crippen LogP contribution in [0.2, 0.25) is 0 Å². The summed E-state index contributed by atoms with van der Waals surface area (Å²) >= 11 is 0. The Bertz CT molecular complexity index is 506. The molecule has 5 nitrogen and oxygen atoms in total. The molecule has 0 atom stereocenters. The van der Waals surface area contributed by atoms with Gasteiger partial charge in [-0.3, -0.25) is 4.90 Å². The van der Waals surface area contributed by atoms with Crippen LogP contribution >= 0.6 is 0 Å². The lowest BCUT2D eigenvalue weighted by atomic mass is 10.1. The summed E-state index contributed by atoms with van der Waals surface area (Å²) in [6.45, 7) is 10.1. The summed E-state index contributed by atoms with van der Waals surface area (Å²) in [4.78, 5) is 15.9. The Balaban J connectivity index is 2.20. The molecule has 1 heterocycles. The molecule has 0 spiro atoms. The Labute approximate surface area is 120 Å². The molecule has 1 aliphatic heterocycles. The molecular weight excluding hydrogens is 254 g/mol. The number of piperazine rings is 1. The molecule has 0 unspecified atom stereocenters. The lowest BCUT2D eigenvalue weighted by molar-refractivity contribution is 0.0698. The average Bonchev–Trinajstić information content (AvgIpc) is 2.41. The van der Waals surface area contributed by atoms with Crippen molar-refractivity contribution in [2.24, 2.45) is 0 Å². The quantitative estimate of drug-likeness (QED) is 0.825. The Morgan fingerprint density at radius 1 is 1.25 bits per heavy atom. The van der Waals surface area contributed by atoms with Gasteiger partial charge in [-0.15, -0.1) is 0 Å². The fraction of sp³-hybridized carbons (Fsp3) is 0.533. The highest BCUT2D eigenvalue weighted by Crippen LogP contribution is 2.26. The van der Waals surface area contributed by atoms with E-state index in [-0.39, 0.29) is 5.56 Å². The van der Waals surface area contributed by atoms with Crippen molar-refractivity contribution < 1.29 is 9.90 Å². The maximum atomic E-state index is 11.2. The van der Waals surface area contributed by atoms with Crippen LogP contribution < -0.4 is 10.6 Å². The van der Waals surface area contributed by atoms with E-state index < -0.39 is 5.97 Å². The predicted octanol–water partition coefficient (Wildman–Crippen LogP) is 1.81. The van der Waals surface area contributed by atoms with E-state index in [1.54, 1.807) is 6.07 Å². The third-order valence-electron chi connectivity index (χ3n) is 4.01. The molecule has 1 aliphatic rings. The van der Waals surface area contributed by atoms with Gasteiger partial charge in [-0.1, -0.05) is 0 Å². The van der Waals surface area contributed by atoms with Crippen molar-refractivity contribution >= 4 is 17.3 Å². The Kier molecular flexibility index (Phi) is 4.18. The number of anilines is 2. The highest BCUT2D eigenvalue weighted by atomic mass is 16.4. The van der Waals surface area contributed by atoms with Crippen LogP contribution in [0.15, 0.2) is 12.1 Å². The lowest BCUT2D eigenvalue weighted by Crippen LogP contribution is -2.49. The van der Waals surface area contributed by atoms with Gasteiger partial charge in [-0.2, -0.15) is 0 Å². The van der Waals surface area contributed by atoms with Crippen molar-refractivity contribution in [1.29, 1.82) is 0 Å². The topological polar surface area (TPSA) is 69.8 Å². The van der Waals surface area contributed by atoms with Gasteiger partial charge < -0.3 is 15.7 Å². The number of rotatable bonds is 3. The minimum atomic E-state index is -0.965. The SMILES string of the molecule is Cc1cc(N2CCN(C(C)C)CC2)cc(C(=O)O)c1N. The highest BCUT2D eigenvalue weighted by molar-refractivity contribution is 5.95. The van der Waals surface area contributed by atoms with E-state index in [2.05, 4.69) is 23.6 Å². The summed E-state index contributed by atoms with van der Waals surface area (Å²) in [5.74, 6) is -0.965. The second-order valence-electron chi connectivity index (χ2n) is 5.65. The summed E-state index contributed by atoms with van der Waals surface area (Å²) in [6.07, 6.45) is 0. The van der Waals surface area contributed by atoms with Crippen LogP contribution in [-0.2, 0) is 0 Å². The van der Waals surface area contributed by atoms with Gasteiger partial charge in [0.05, 0.1) is 5.56 Å². The van der Waals surface area contributed by atoms with Crippen LogP contribution in [-0.4, -0.2) is 48.2 Å². The van der Waals surface area contributed by atoms with E-state index in [1.807, 2.05) is 13.0 Å². The number of benzene rings is 1. The number of carbonyl (C=O) groups is 1. The predicted molar refractivity (Wildman–Crippen MR) is 81.5 cm³/mol. The minimum absolute atomic E-state index is 0.200. The van der Waals surface area contributed by atoms with Gasteiger partial charge in [0.15, 0.2) is 0 Å². The van der Waals surface area contributed by atoms with Gasteiger partial charge in [-0.05, 0) is 38.5 Å². The number of carboxylic acids is 1. The number of nitrogens with zero attached hydrogens (tertiary/aromatic N) is 2. The third-order valence-corrected chi connectivity index (χ3v) is 4.01. The smallest absolute Gasteiger partial charge is 0.337 e. The van der Waals surface area contributed by atoms with Crippen LogP contribution in [0.4, 0.5) is 11.4 Å². The van der Waals surface area contributed by atoms with Gasteiger partial charge in [0.25, 0.3) is 0 Å². The minimum Gasteiger partial charge on any atom is -0.478 e. The molecule has 1 aromatic rings. The number of carboxylic acid groups (broad SMARTS) is 1. The number of nitrogen functional groups attached to an aromatic ring is 1. The average molecular weight is 277 g/mol. The lowest BCUT2D eigenvalue weighted by Gasteiger charge is -2.38. The molecule has 0 aromatic heterocycles. The first-order valence-corrected chi connectivity index (χ1v) is 7.02. The van der Waals surface area contributed by atoms with Crippen molar-refractivity contribution in [2.45, 2.75) is 26.8 Å². The first-order valence-electron chi connectivity index (χ1n) is 7.02. The molecule has 20 heavy (non-hydrogen) atoms. The molecule has 5 heteroatoms. The zero-order valence-electron chi connectivity index (χ0n) is 12.4. The number of nitrogens with two attached hydrogens (primary N) is 1. The first-order chi connectivity index (χ1) is 9.40. The van der Waals surface area contributed by atoms with Crippen molar-refractivity contribution in [3.63, 3.8) is 0 Å². The normalized spacial score (nSPS) is 16.7. The first kappa shape index (κ1) is 14.7. The standard InChI is InChI=1S/C15H23N3O2/c1-10(2)17-4-6-18(7-5-17)12-8-11(3)14(16)13(9-12)15(19)20/h8-10H,4-7,16H2,1-3H3,(H,19,20). The molecule has 0 bridgehead atoms. The monoisotopic (exact) mass is 277 g/mol. The second kappa shape index (κ2) is 5.71. The maximum absolute atomic E-state index is 11.2. The number of hydrogen-bond donors (Lipinski definition) is 2. The van der Waals surface area contributed by atoms with E-state index in [0.717, 1.165) is 37.4 Å². The van der Waals surface area contributed by atoms with Crippen LogP contribution in [0, 0.1) is 6.92 Å². The molecule has 0 amide bonds. The van der Waals surface area contributed by atoms with Crippen LogP contribution in [0.25, 0.3) is 0 Å². The Morgan fingerprint density at radius 2 is 1.85 bits per heavy atom. The molecular formula is C15H23N3O2. The summed E-state index contributed by atoms with van der Waals surface area (Å²) in [5, 5.41) is 9.22. The highest BCUT2D eigenvalue weighted by Gasteiger charge is 2.21. The number of aromatic carboxylic acids is 1. The largest absolute Gasteiger partial charge is 0.478 e. The van der Waals surface area contributed by atoms with Gasteiger partial charge in [0.1, 0.15) is 0 Å². The molecule has 1 aromatic carbocycles. The van der Waals surface area contributed by atoms with Crippen LogP contribution in [0.5, 0.6) is 0 Å². The molecule has 0 aliphatic carbocycles. The molecule has 3 N–H and O–H groups in total. The van der Waals surface area contributed by atoms with E-state index >= 15 is 0 Å². The van der Waals surface area contributed by atoms with Gasteiger partial charge in [0.2, 0.25) is 0 Å². The molecule has 1 saturated heterocycles. The Morgan fingerprint density at radius 3 is 2.35 bits per heavy atom. The van der Waals surface area contributed by atoms with Gasteiger partial charge >= 0.3 is 5.97 Å². The maximum Gasteiger partial charge on any atom is 0.337 e. The molecule has 2 rings (SSSR count). The van der Waals surface area contributed by atoms with Crippen LogP contribution in [0.3, 0.4) is 0 Å². The van der Waals surface area contributed by atoms with Crippen molar-refractivity contribution in [3.05, 3.63) is 23.3 Å². The fourth-order valence-corrected chi connectivity index (χ4v) is 2.64. The van der Waals surface area contributed by atoms with Crippen molar-refractivity contribution in [2.75, 3.05) is 36.8 Å². The molecule has 1 fully saturated rings. The van der Waals surface area contributed by atoms with E-state index in [0.29, 0.717) is 11.7 Å². The summed E-state index contributed by atoms with van der Waals surface area (Å²) < 4.78 is 0.